The maximum Gasteiger partial charge on any atom is 0.257 e. The Bertz CT molecular complexity index is 947. The van der Waals surface area contributed by atoms with Crippen molar-refractivity contribution in [2.24, 2.45) is 11.1 Å². The Labute approximate surface area is 176 Å². The molecule has 1 atom stereocenters. The number of carbonyl (C=O) groups is 3. The molecule has 1 heterocycles. The van der Waals surface area contributed by atoms with Crippen LogP contribution < -0.4 is 10.0 Å². The molecule has 162 valence electrons. The van der Waals surface area contributed by atoms with Crippen molar-refractivity contribution in [2.75, 3.05) is 4.90 Å². The van der Waals surface area contributed by atoms with Crippen LogP contribution in [0.15, 0.2) is 29.2 Å². The fraction of sp³-hybridized carbons (Fsp3) is 0.571. The first kappa shape index (κ1) is 21.0. The summed E-state index contributed by atoms with van der Waals surface area (Å²) in [7, 11) is -3.87. The Morgan fingerprint density at radius 3 is 2.10 bits per heavy atom. The van der Waals surface area contributed by atoms with Gasteiger partial charge in [-0.05, 0) is 49.9 Å². The molecule has 4 rings (SSSR count). The quantitative estimate of drug-likeness (QED) is 0.562. The molecule has 3 fully saturated rings. The number of nitrogens with zero attached hydrogens (tertiary/aromatic N) is 2. The second-order valence-corrected chi connectivity index (χ2v) is 10.1. The van der Waals surface area contributed by atoms with Crippen LogP contribution >= 0.6 is 0 Å². The van der Waals surface area contributed by atoms with E-state index >= 15 is 0 Å². The molecule has 0 radical (unpaired) electrons. The Kier molecular flexibility index (Phi) is 5.67. The smallest absolute Gasteiger partial charge is 0.257 e. The maximum absolute atomic E-state index is 13.3. The van der Waals surface area contributed by atoms with Crippen LogP contribution in [-0.2, 0) is 24.4 Å². The Morgan fingerprint density at radius 2 is 1.57 bits per heavy atom. The number of carbonyl (C=O) groups excluding carboxylic acids is 3. The molecule has 8 nitrogen and oxygen atoms in total. The number of hydrogen-bond donors (Lipinski definition) is 1. The standard InChI is InChI=1S/C21H27N3O5S/c22-30(28,29)17-11-9-16(10-12-17)24-19(25)13-18(21(24)27)23(20(26)14-7-8-14)15-5-3-1-2-4-6-15/h9-12,14-15,18H,1-8,13H2,(H2,22,28,29). The van der Waals surface area contributed by atoms with E-state index in [-0.39, 0.29) is 35.1 Å². The van der Waals surface area contributed by atoms with Crippen molar-refractivity contribution in [1.82, 2.24) is 4.90 Å². The molecule has 3 aliphatic rings. The van der Waals surface area contributed by atoms with Crippen molar-refractivity contribution in [1.29, 1.82) is 0 Å². The number of rotatable bonds is 5. The largest absolute Gasteiger partial charge is 0.327 e. The highest BCUT2D eigenvalue weighted by Crippen LogP contribution is 2.37. The third kappa shape index (κ3) is 4.13. The Hall–Kier alpha value is -2.26. The minimum absolute atomic E-state index is 0.000488. The van der Waals surface area contributed by atoms with Crippen LogP contribution in [0.2, 0.25) is 0 Å². The maximum atomic E-state index is 13.3. The number of nitrogens with two attached hydrogens (primary N) is 1. The summed E-state index contributed by atoms with van der Waals surface area (Å²) in [6.45, 7) is 0. The minimum Gasteiger partial charge on any atom is -0.327 e. The Morgan fingerprint density at radius 1 is 0.967 bits per heavy atom. The number of imide groups is 1. The number of sulfonamides is 1. The van der Waals surface area contributed by atoms with E-state index in [9.17, 15) is 22.8 Å². The first-order chi connectivity index (χ1) is 14.3. The average Bonchev–Trinajstić information content (AvgIpc) is 3.52. The zero-order chi connectivity index (χ0) is 21.5. The lowest BCUT2D eigenvalue weighted by atomic mass is 10.0. The van der Waals surface area contributed by atoms with Crippen LogP contribution in [0.1, 0.15) is 57.8 Å². The first-order valence-corrected chi connectivity index (χ1v) is 12.1. The van der Waals surface area contributed by atoms with Gasteiger partial charge in [0, 0.05) is 12.0 Å². The summed E-state index contributed by atoms with van der Waals surface area (Å²) < 4.78 is 22.9. The second kappa shape index (κ2) is 8.11. The molecule has 2 aliphatic carbocycles. The van der Waals surface area contributed by atoms with Gasteiger partial charge in [-0.3, -0.25) is 14.4 Å². The van der Waals surface area contributed by atoms with Gasteiger partial charge < -0.3 is 4.90 Å². The van der Waals surface area contributed by atoms with Gasteiger partial charge in [0.2, 0.25) is 21.8 Å². The van der Waals surface area contributed by atoms with Crippen LogP contribution in [-0.4, -0.2) is 43.1 Å². The van der Waals surface area contributed by atoms with Crippen molar-refractivity contribution in [2.45, 2.75) is 74.8 Å². The molecule has 30 heavy (non-hydrogen) atoms. The normalized spacial score (nSPS) is 23.5. The predicted molar refractivity (Wildman–Crippen MR) is 110 cm³/mol. The van der Waals surface area contributed by atoms with Gasteiger partial charge in [0.25, 0.3) is 5.91 Å². The lowest BCUT2D eigenvalue weighted by Gasteiger charge is -2.35. The van der Waals surface area contributed by atoms with E-state index in [2.05, 4.69) is 0 Å². The van der Waals surface area contributed by atoms with Crippen LogP contribution in [0.4, 0.5) is 5.69 Å². The Balaban J connectivity index is 1.61. The van der Waals surface area contributed by atoms with E-state index in [0.29, 0.717) is 5.69 Å². The molecule has 2 saturated carbocycles. The van der Waals surface area contributed by atoms with Crippen LogP contribution in [0.25, 0.3) is 0 Å². The molecule has 1 aliphatic heterocycles. The first-order valence-electron chi connectivity index (χ1n) is 10.6. The lowest BCUT2D eigenvalue weighted by molar-refractivity contribution is -0.142. The third-order valence-electron chi connectivity index (χ3n) is 6.28. The summed E-state index contributed by atoms with van der Waals surface area (Å²) in [5.74, 6) is -0.823. The van der Waals surface area contributed by atoms with Gasteiger partial charge in [0.15, 0.2) is 0 Å². The highest BCUT2D eigenvalue weighted by atomic mass is 32.2. The minimum atomic E-state index is -3.87. The van der Waals surface area contributed by atoms with Crippen molar-refractivity contribution < 1.29 is 22.8 Å². The number of primary sulfonamides is 1. The van der Waals surface area contributed by atoms with Crippen molar-refractivity contribution in [3.8, 4) is 0 Å². The van der Waals surface area contributed by atoms with Crippen molar-refractivity contribution in [3.05, 3.63) is 24.3 Å². The number of benzene rings is 1. The third-order valence-corrected chi connectivity index (χ3v) is 7.21. The molecule has 0 bridgehead atoms. The van der Waals surface area contributed by atoms with E-state index < -0.39 is 22.0 Å². The van der Waals surface area contributed by atoms with E-state index in [0.717, 1.165) is 56.3 Å². The van der Waals surface area contributed by atoms with Gasteiger partial charge in [-0.2, -0.15) is 0 Å². The van der Waals surface area contributed by atoms with Gasteiger partial charge in [-0.15, -0.1) is 0 Å². The highest BCUT2D eigenvalue weighted by Gasteiger charge is 2.48. The summed E-state index contributed by atoms with van der Waals surface area (Å²) >= 11 is 0. The number of anilines is 1. The van der Waals surface area contributed by atoms with Crippen molar-refractivity contribution in [3.63, 3.8) is 0 Å². The molecule has 9 heteroatoms. The second-order valence-electron chi connectivity index (χ2n) is 8.49. The molecular formula is C21H27N3O5S. The fourth-order valence-corrected chi connectivity index (χ4v) is 5.07. The zero-order valence-electron chi connectivity index (χ0n) is 16.8. The van der Waals surface area contributed by atoms with Crippen molar-refractivity contribution >= 4 is 33.4 Å². The van der Waals surface area contributed by atoms with Gasteiger partial charge in [0.05, 0.1) is 17.0 Å². The summed E-state index contributed by atoms with van der Waals surface area (Å²) in [5.41, 5.74) is 0.291. The number of amides is 3. The van der Waals surface area contributed by atoms with E-state index in [1.165, 1.54) is 24.3 Å². The summed E-state index contributed by atoms with van der Waals surface area (Å²) in [4.78, 5) is 41.9. The van der Waals surface area contributed by atoms with Crippen LogP contribution in [0, 0.1) is 5.92 Å². The molecule has 1 saturated heterocycles. The molecule has 1 aromatic rings. The SMILES string of the molecule is NS(=O)(=O)c1ccc(N2C(=O)CC(N(C(=O)C3CC3)C3CCCCCC3)C2=O)cc1. The zero-order valence-corrected chi connectivity index (χ0v) is 17.6. The monoisotopic (exact) mass is 433 g/mol. The summed E-state index contributed by atoms with van der Waals surface area (Å²) in [6.07, 6.45) is 7.67. The van der Waals surface area contributed by atoms with Crippen LogP contribution in [0.3, 0.4) is 0 Å². The summed E-state index contributed by atoms with van der Waals surface area (Å²) in [5, 5.41) is 5.12. The molecule has 1 unspecified atom stereocenters. The van der Waals surface area contributed by atoms with Gasteiger partial charge >= 0.3 is 0 Å². The van der Waals surface area contributed by atoms with E-state index in [1.54, 1.807) is 4.90 Å². The average molecular weight is 434 g/mol. The van der Waals surface area contributed by atoms with E-state index in [1.807, 2.05) is 0 Å². The molecular weight excluding hydrogens is 406 g/mol. The van der Waals surface area contributed by atoms with Crippen LogP contribution in [0.5, 0.6) is 0 Å². The van der Waals surface area contributed by atoms with Gasteiger partial charge in [-0.25, -0.2) is 18.5 Å². The highest BCUT2D eigenvalue weighted by molar-refractivity contribution is 7.89. The van der Waals surface area contributed by atoms with Gasteiger partial charge in [-0.1, -0.05) is 25.7 Å². The molecule has 1 aromatic carbocycles. The summed E-state index contributed by atoms with van der Waals surface area (Å²) in [6, 6.07) is 4.56. The lowest BCUT2D eigenvalue weighted by Crippen LogP contribution is -2.51. The number of hydrogen-bond acceptors (Lipinski definition) is 5. The molecule has 0 aromatic heterocycles. The molecule has 0 spiro atoms. The van der Waals surface area contributed by atoms with E-state index in [4.69, 9.17) is 5.14 Å². The fourth-order valence-electron chi connectivity index (χ4n) is 4.55. The molecule has 3 amide bonds. The topological polar surface area (TPSA) is 118 Å². The predicted octanol–water partition coefficient (Wildman–Crippen LogP) is 1.93. The molecule has 2 N–H and O–H groups in total. The van der Waals surface area contributed by atoms with Gasteiger partial charge in [0.1, 0.15) is 6.04 Å².